The summed E-state index contributed by atoms with van der Waals surface area (Å²) < 4.78 is 6.47. The number of piperidine rings is 1. The zero-order valence-corrected chi connectivity index (χ0v) is 16.6. The first-order valence-electron chi connectivity index (χ1n) is 8.79. The van der Waals surface area contributed by atoms with E-state index in [9.17, 15) is 9.59 Å². The van der Waals surface area contributed by atoms with Gasteiger partial charge in [0.2, 0.25) is 0 Å². The summed E-state index contributed by atoms with van der Waals surface area (Å²) in [6.07, 6.45) is 1.72. The number of nitrogens with zero attached hydrogens (tertiary/aromatic N) is 2. The van der Waals surface area contributed by atoms with Gasteiger partial charge >= 0.3 is 6.09 Å². The first-order chi connectivity index (χ1) is 11.7. The van der Waals surface area contributed by atoms with Crippen LogP contribution >= 0.6 is 15.9 Å². The Morgan fingerprint density at radius 1 is 1.36 bits per heavy atom. The van der Waals surface area contributed by atoms with Gasteiger partial charge in [0.1, 0.15) is 5.60 Å². The highest BCUT2D eigenvalue weighted by Crippen LogP contribution is 2.31. The van der Waals surface area contributed by atoms with Crippen LogP contribution in [0.1, 0.15) is 49.5 Å². The third-order valence-corrected chi connectivity index (χ3v) is 5.38. The Kier molecular flexibility index (Phi) is 5.09. The lowest BCUT2D eigenvalue weighted by Gasteiger charge is -2.35. The number of halogens is 1. The molecule has 6 heteroatoms. The van der Waals surface area contributed by atoms with Crippen molar-refractivity contribution < 1.29 is 14.3 Å². The second kappa shape index (κ2) is 6.98. The largest absolute Gasteiger partial charge is 0.444 e. The van der Waals surface area contributed by atoms with Crippen molar-refractivity contribution >= 4 is 27.9 Å². The molecule has 1 fully saturated rings. The molecule has 1 atom stereocenters. The van der Waals surface area contributed by atoms with E-state index in [4.69, 9.17) is 4.74 Å². The highest BCUT2D eigenvalue weighted by Gasteiger charge is 2.33. The van der Waals surface area contributed by atoms with Crippen LogP contribution in [0.4, 0.5) is 4.79 Å². The number of hydrogen-bond donors (Lipinski definition) is 0. The molecule has 0 aromatic heterocycles. The molecule has 0 spiro atoms. The number of carbonyl (C=O) groups excluding carboxylic acids is 2. The van der Waals surface area contributed by atoms with E-state index in [1.807, 2.05) is 43.9 Å². The van der Waals surface area contributed by atoms with Crippen LogP contribution in [-0.4, -0.2) is 47.0 Å². The molecule has 5 nitrogen and oxygen atoms in total. The number of benzene rings is 1. The van der Waals surface area contributed by atoms with Crippen LogP contribution in [0.5, 0.6) is 0 Å². The Morgan fingerprint density at radius 2 is 2.12 bits per heavy atom. The summed E-state index contributed by atoms with van der Waals surface area (Å²) in [7, 11) is 0. The first-order valence-corrected chi connectivity index (χ1v) is 9.58. The van der Waals surface area contributed by atoms with Crippen molar-refractivity contribution in [2.24, 2.45) is 5.92 Å². The van der Waals surface area contributed by atoms with Crippen LogP contribution in [0.2, 0.25) is 0 Å². The van der Waals surface area contributed by atoms with E-state index in [2.05, 4.69) is 15.9 Å². The summed E-state index contributed by atoms with van der Waals surface area (Å²) in [6, 6.07) is 5.76. The topological polar surface area (TPSA) is 49.9 Å². The normalized spacial score (nSPS) is 20.6. The summed E-state index contributed by atoms with van der Waals surface area (Å²) in [5, 5.41) is 0. The molecule has 0 N–H and O–H groups in total. The maximum Gasteiger partial charge on any atom is 0.410 e. The fourth-order valence-corrected chi connectivity index (χ4v) is 4.01. The van der Waals surface area contributed by atoms with Crippen molar-refractivity contribution in [2.45, 2.75) is 45.8 Å². The van der Waals surface area contributed by atoms with Gasteiger partial charge in [0.25, 0.3) is 5.91 Å². The molecular formula is C19H25BrN2O3. The molecule has 136 valence electrons. The maximum atomic E-state index is 12.6. The van der Waals surface area contributed by atoms with Gasteiger partial charge in [-0.15, -0.1) is 0 Å². The molecule has 3 rings (SSSR count). The van der Waals surface area contributed by atoms with E-state index in [0.717, 1.165) is 35.0 Å². The van der Waals surface area contributed by atoms with Crippen molar-refractivity contribution in [3.63, 3.8) is 0 Å². The fraction of sp³-hybridized carbons (Fsp3) is 0.579. The molecule has 0 bridgehead atoms. The molecule has 1 unspecified atom stereocenters. The lowest BCUT2D eigenvalue weighted by atomic mass is 9.98. The van der Waals surface area contributed by atoms with E-state index in [-0.39, 0.29) is 12.0 Å². The second-order valence-corrected chi connectivity index (χ2v) is 8.74. The van der Waals surface area contributed by atoms with Gasteiger partial charge < -0.3 is 14.5 Å². The van der Waals surface area contributed by atoms with Crippen LogP contribution in [0.25, 0.3) is 0 Å². The van der Waals surface area contributed by atoms with E-state index >= 15 is 0 Å². The average Bonchev–Trinajstić information content (AvgIpc) is 2.84. The lowest BCUT2D eigenvalue weighted by molar-refractivity contribution is 0.0147. The fourth-order valence-electron chi connectivity index (χ4n) is 3.52. The molecule has 0 radical (unpaired) electrons. The molecule has 2 aliphatic rings. The van der Waals surface area contributed by atoms with Gasteiger partial charge in [0.05, 0.1) is 0 Å². The van der Waals surface area contributed by atoms with Gasteiger partial charge in [0, 0.05) is 36.2 Å². The summed E-state index contributed by atoms with van der Waals surface area (Å²) in [4.78, 5) is 28.6. The molecule has 1 aromatic carbocycles. The summed E-state index contributed by atoms with van der Waals surface area (Å²) >= 11 is 3.54. The quantitative estimate of drug-likeness (QED) is 0.741. The molecular weight excluding hydrogens is 384 g/mol. The molecule has 0 aliphatic carbocycles. The van der Waals surface area contributed by atoms with Crippen molar-refractivity contribution in [3.05, 3.63) is 33.8 Å². The van der Waals surface area contributed by atoms with E-state index in [1.54, 1.807) is 4.90 Å². The predicted octanol–water partition coefficient (Wildman–Crippen LogP) is 4.05. The SMILES string of the molecule is CC(C)(C)OC(=O)N1CCCC(CN2Cc3c(Br)cccc3C2=O)C1. The monoisotopic (exact) mass is 408 g/mol. The third kappa shape index (κ3) is 4.17. The zero-order chi connectivity index (χ0) is 18.2. The number of fused-ring (bicyclic) bond motifs is 1. The van der Waals surface area contributed by atoms with Crippen LogP contribution < -0.4 is 0 Å². The number of hydrogen-bond acceptors (Lipinski definition) is 3. The number of rotatable bonds is 2. The highest BCUT2D eigenvalue weighted by molar-refractivity contribution is 9.10. The van der Waals surface area contributed by atoms with Crippen LogP contribution in [0.3, 0.4) is 0 Å². The molecule has 2 heterocycles. The molecule has 2 amide bonds. The van der Waals surface area contributed by atoms with Crippen LogP contribution in [0.15, 0.2) is 22.7 Å². The molecule has 1 saturated heterocycles. The minimum absolute atomic E-state index is 0.0886. The third-order valence-electron chi connectivity index (χ3n) is 4.63. The molecule has 0 saturated carbocycles. The van der Waals surface area contributed by atoms with Crippen molar-refractivity contribution in [2.75, 3.05) is 19.6 Å². The Morgan fingerprint density at radius 3 is 2.80 bits per heavy atom. The number of likely N-dealkylation sites (tertiary alicyclic amines) is 1. The molecule has 1 aromatic rings. The Balaban J connectivity index is 1.62. The van der Waals surface area contributed by atoms with Crippen molar-refractivity contribution in [3.8, 4) is 0 Å². The Hall–Kier alpha value is -1.56. The van der Waals surface area contributed by atoms with E-state index < -0.39 is 5.60 Å². The second-order valence-electron chi connectivity index (χ2n) is 7.89. The zero-order valence-electron chi connectivity index (χ0n) is 15.0. The van der Waals surface area contributed by atoms with Gasteiger partial charge in [0.15, 0.2) is 0 Å². The van der Waals surface area contributed by atoms with Gasteiger partial charge in [-0.2, -0.15) is 0 Å². The number of amides is 2. The summed E-state index contributed by atoms with van der Waals surface area (Å²) in [5.41, 5.74) is 1.37. The lowest BCUT2D eigenvalue weighted by Crippen LogP contribution is -2.45. The van der Waals surface area contributed by atoms with Crippen molar-refractivity contribution in [1.82, 2.24) is 9.80 Å². The van der Waals surface area contributed by atoms with Crippen molar-refractivity contribution in [1.29, 1.82) is 0 Å². The average molecular weight is 409 g/mol. The van der Waals surface area contributed by atoms with Gasteiger partial charge in [-0.05, 0) is 57.2 Å². The van der Waals surface area contributed by atoms with E-state index in [1.165, 1.54) is 0 Å². The minimum Gasteiger partial charge on any atom is -0.444 e. The summed E-state index contributed by atoms with van der Waals surface area (Å²) in [5.74, 6) is 0.379. The van der Waals surface area contributed by atoms with Gasteiger partial charge in [-0.1, -0.05) is 22.0 Å². The maximum absolute atomic E-state index is 12.6. The van der Waals surface area contributed by atoms with Crippen LogP contribution in [-0.2, 0) is 11.3 Å². The smallest absolute Gasteiger partial charge is 0.410 e. The summed E-state index contributed by atoms with van der Waals surface area (Å²) in [6.45, 7) is 8.33. The molecule has 2 aliphatic heterocycles. The first kappa shape index (κ1) is 18.2. The predicted molar refractivity (Wildman–Crippen MR) is 99.4 cm³/mol. The standard InChI is InChI=1S/C19H25BrN2O3/c1-19(2,3)25-18(24)21-9-5-6-13(10-21)11-22-12-15-14(17(22)23)7-4-8-16(15)20/h4,7-8,13H,5-6,9-12H2,1-3H3. The Labute approximate surface area is 157 Å². The van der Waals surface area contributed by atoms with E-state index in [0.29, 0.717) is 25.6 Å². The molecule has 25 heavy (non-hydrogen) atoms. The van der Waals surface area contributed by atoms with Gasteiger partial charge in [-0.25, -0.2) is 4.79 Å². The number of ether oxygens (including phenoxy) is 1. The van der Waals surface area contributed by atoms with Gasteiger partial charge in [-0.3, -0.25) is 4.79 Å². The number of carbonyl (C=O) groups is 2. The Bertz CT molecular complexity index is 684. The minimum atomic E-state index is -0.483. The highest BCUT2D eigenvalue weighted by atomic mass is 79.9. The van der Waals surface area contributed by atoms with Crippen LogP contribution in [0, 0.1) is 5.92 Å².